The first-order valence-corrected chi connectivity index (χ1v) is 10.8. The lowest BCUT2D eigenvalue weighted by molar-refractivity contribution is -0.147. The van der Waals surface area contributed by atoms with Crippen LogP contribution in [0.2, 0.25) is 10.0 Å². The highest BCUT2D eigenvalue weighted by atomic mass is 35.5. The number of rotatable bonds is 10. The molecule has 0 saturated heterocycles. The minimum absolute atomic E-state index is 0.0774. The molecule has 0 saturated carbocycles. The van der Waals surface area contributed by atoms with Gasteiger partial charge in [-0.05, 0) is 42.0 Å². The summed E-state index contributed by atoms with van der Waals surface area (Å²) in [5.74, 6) is -1.52. The average Bonchev–Trinajstić information content (AvgIpc) is 2.85. The van der Waals surface area contributed by atoms with Gasteiger partial charge in [-0.15, -0.1) is 0 Å². The third-order valence-corrected chi connectivity index (χ3v) is 5.00. The Morgan fingerprint density at radius 1 is 0.735 bits per heavy atom. The molecule has 0 aliphatic heterocycles. The molecule has 7 nitrogen and oxygen atoms in total. The molecule has 0 N–H and O–H groups in total. The smallest absolute Gasteiger partial charge is 0.344 e. The van der Waals surface area contributed by atoms with Gasteiger partial charge in [0.25, 0.3) is 0 Å². The molecule has 34 heavy (non-hydrogen) atoms. The molecular weight excluding hydrogens is 483 g/mol. The molecule has 0 aliphatic carbocycles. The summed E-state index contributed by atoms with van der Waals surface area (Å²) in [4.78, 5) is 37.0. The topological polar surface area (TPSA) is 88.1 Å². The van der Waals surface area contributed by atoms with Crippen LogP contribution in [0.4, 0.5) is 0 Å². The van der Waals surface area contributed by atoms with Gasteiger partial charge in [-0.25, -0.2) is 9.59 Å². The highest BCUT2D eigenvalue weighted by molar-refractivity contribution is 6.32. The van der Waals surface area contributed by atoms with Crippen LogP contribution in [0.25, 0.3) is 0 Å². The van der Waals surface area contributed by atoms with E-state index < -0.39 is 30.9 Å². The fourth-order valence-electron chi connectivity index (χ4n) is 2.87. The summed E-state index contributed by atoms with van der Waals surface area (Å²) in [5.41, 5.74) is 0.988. The fraction of sp³-hybridized carbons (Fsp3) is 0.160. The van der Waals surface area contributed by atoms with E-state index in [4.69, 9.17) is 37.4 Å². The zero-order valence-corrected chi connectivity index (χ0v) is 19.6. The molecule has 0 heterocycles. The predicted octanol–water partition coefficient (Wildman–Crippen LogP) is 4.90. The van der Waals surface area contributed by atoms with Crippen LogP contribution >= 0.6 is 23.2 Å². The SMILES string of the molecule is COC(=O)COc1ccc(Cl)cc1C(=O)c1cc(Cl)ccc1OCC(=O)OCc1ccccc1. The highest BCUT2D eigenvalue weighted by Crippen LogP contribution is 2.31. The number of methoxy groups -OCH3 is 1. The van der Waals surface area contributed by atoms with Crippen LogP contribution in [-0.2, 0) is 25.7 Å². The Labute approximate surface area is 206 Å². The first kappa shape index (κ1) is 25.1. The van der Waals surface area contributed by atoms with E-state index in [2.05, 4.69) is 4.74 Å². The van der Waals surface area contributed by atoms with Crippen molar-refractivity contribution in [3.05, 3.63) is 93.5 Å². The summed E-state index contributed by atoms with van der Waals surface area (Å²) < 4.78 is 20.8. The van der Waals surface area contributed by atoms with Crippen molar-refractivity contribution in [2.24, 2.45) is 0 Å². The molecule has 9 heteroatoms. The lowest BCUT2D eigenvalue weighted by Crippen LogP contribution is -2.17. The Bertz CT molecular complexity index is 1180. The normalized spacial score (nSPS) is 10.3. The minimum atomic E-state index is -0.617. The lowest BCUT2D eigenvalue weighted by atomic mass is 10.0. The standard InChI is InChI=1S/C25H20Cl2O7/c1-31-23(28)14-32-21-9-7-17(26)11-19(21)25(30)20-12-18(27)8-10-22(20)33-15-24(29)34-13-16-5-3-2-4-6-16/h2-12H,13-15H2,1H3. The van der Waals surface area contributed by atoms with Crippen LogP contribution < -0.4 is 9.47 Å². The van der Waals surface area contributed by atoms with E-state index in [9.17, 15) is 14.4 Å². The zero-order chi connectivity index (χ0) is 24.5. The van der Waals surface area contributed by atoms with Crippen LogP contribution in [0.1, 0.15) is 21.5 Å². The minimum Gasteiger partial charge on any atom is -0.481 e. The fourth-order valence-corrected chi connectivity index (χ4v) is 3.21. The van der Waals surface area contributed by atoms with Gasteiger partial charge < -0.3 is 18.9 Å². The number of ether oxygens (including phenoxy) is 4. The maximum absolute atomic E-state index is 13.4. The molecule has 0 unspecified atom stereocenters. The molecule has 0 aromatic heterocycles. The Hall–Kier alpha value is -3.55. The molecule has 3 aromatic carbocycles. The molecule has 0 radical (unpaired) electrons. The van der Waals surface area contributed by atoms with Gasteiger partial charge in [-0.3, -0.25) is 4.79 Å². The molecule has 0 aliphatic rings. The largest absolute Gasteiger partial charge is 0.481 e. The summed E-state index contributed by atoms with van der Waals surface area (Å²) in [7, 11) is 1.22. The van der Waals surface area contributed by atoms with Crippen molar-refractivity contribution >= 4 is 40.9 Å². The highest BCUT2D eigenvalue weighted by Gasteiger charge is 2.21. The molecule has 0 amide bonds. The van der Waals surface area contributed by atoms with Gasteiger partial charge in [0.2, 0.25) is 5.78 Å². The quantitative estimate of drug-likeness (QED) is 0.287. The van der Waals surface area contributed by atoms with E-state index in [1.54, 1.807) is 0 Å². The third-order valence-electron chi connectivity index (χ3n) is 4.53. The lowest BCUT2D eigenvalue weighted by Gasteiger charge is -2.14. The van der Waals surface area contributed by atoms with Crippen LogP contribution in [0.5, 0.6) is 11.5 Å². The molecule has 176 valence electrons. The van der Waals surface area contributed by atoms with Gasteiger partial charge in [-0.2, -0.15) is 0 Å². The number of esters is 2. The number of ketones is 1. The summed E-state index contributed by atoms with van der Waals surface area (Å²) >= 11 is 12.2. The Balaban J connectivity index is 1.76. The van der Waals surface area contributed by atoms with E-state index in [1.165, 1.54) is 43.5 Å². The van der Waals surface area contributed by atoms with E-state index in [-0.39, 0.29) is 39.3 Å². The molecule has 0 atom stereocenters. The second-order valence-electron chi connectivity index (χ2n) is 6.91. The molecule has 0 bridgehead atoms. The molecule has 3 aromatic rings. The first-order valence-electron chi connectivity index (χ1n) is 10.0. The van der Waals surface area contributed by atoms with E-state index in [1.807, 2.05) is 30.3 Å². The number of carbonyl (C=O) groups excluding carboxylic acids is 3. The predicted molar refractivity (Wildman–Crippen MR) is 126 cm³/mol. The van der Waals surface area contributed by atoms with Gasteiger partial charge >= 0.3 is 11.9 Å². The Kier molecular flexibility index (Phi) is 8.90. The molecule has 0 spiro atoms. The van der Waals surface area contributed by atoms with Crippen molar-refractivity contribution in [1.29, 1.82) is 0 Å². The summed E-state index contributed by atoms with van der Waals surface area (Å²) in [6, 6.07) is 18.0. The summed E-state index contributed by atoms with van der Waals surface area (Å²) in [5, 5.41) is 0.559. The van der Waals surface area contributed by atoms with Crippen molar-refractivity contribution in [2.75, 3.05) is 20.3 Å². The monoisotopic (exact) mass is 502 g/mol. The first-order chi connectivity index (χ1) is 16.4. The van der Waals surface area contributed by atoms with E-state index >= 15 is 0 Å². The van der Waals surface area contributed by atoms with Crippen molar-refractivity contribution < 1.29 is 33.3 Å². The van der Waals surface area contributed by atoms with Crippen molar-refractivity contribution in [2.45, 2.75) is 6.61 Å². The van der Waals surface area contributed by atoms with Crippen LogP contribution in [0.3, 0.4) is 0 Å². The van der Waals surface area contributed by atoms with Crippen LogP contribution in [0, 0.1) is 0 Å². The molecular formula is C25H20Cl2O7. The second-order valence-corrected chi connectivity index (χ2v) is 7.78. The maximum atomic E-state index is 13.4. The molecule has 3 rings (SSSR count). The Morgan fingerprint density at radius 3 is 1.79 bits per heavy atom. The van der Waals surface area contributed by atoms with Gasteiger partial charge in [-0.1, -0.05) is 53.5 Å². The van der Waals surface area contributed by atoms with Gasteiger partial charge in [0.05, 0.1) is 18.2 Å². The van der Waals surface area contributed by atoms with E-state index in [0.29, 0.717) is 0 Å². The molecule has 0 fully saturated rings. The van der Waals surface area contributed by atoms with E-state index in [0.717, 1.165) is 5.56 Å². The number of halogens is 2. The maximum Gasteiger partial charge on any atom is 0.344 e. The summed E-state index contributed by atoms with van der Waals surface area (Å²) in [6.45, 7) is -0.723. The van der Waals surface area contributed by atoms with Gasteiger partial charge in [0.1, 0.15) is 18.1 Å². The second kappa shape index (κ2) is 12.1. The number of hydrogen-bond acceptors (Lipinski definition) is 7. The number of carbonyl (C=O) groups is 3. The zero-order valence-electron chi connectivity index (χ0n) is 18.1. The van der Waals surface area contributed by atoms with Crippen molar-refractivity contribution in [3.8, 4) is 11.5 Å². The van der Waals surface area contributed by atoms with Crippen molar-refractivity contribution in [3.63, 3.8) is 0 Å². The van der Waals surface area contributed by atoms with Crippen LogP contribution in [-0.4, -0.2) is 38.0 Å². The average molecular weight is 503 g/mol. The van der Waals surface area contributed by atoms with Gasteiger partial charge in [0, 0.05) is 10.0 Å². The third kappa shape index (κ3) is 6.97. The Morgan fingerprint density at radius 2 is 1.26 bits per heavy atom. The van der Waals surface area contributed by atoms with Crippen molar-refractivity contribution in [1.82, 2.24) is 0 Å². The van der Waals surface area contributed by atoms with Gasteiger partial charge in [0.15, 0.2) is 13.2 Å². The summed E-state index contributed by atoms with van der Waals surface area (Å²) in [6.07, 6.45) is 0. The van der Waals surface area contributed by atoms with Crippen LogP contribution in [0.15, 0.2) is 66.7 Å². The number of benzene rings is 3. The number of hydrogen-bond donors (Lipinski definition) is 0.